The highest BCUT2D eigenvalue weighted by molar-refractivity contribution is 6.31. The van der Waals surface area contributed by atoms with Gasteiger partial charge in [0.25, 0.3) is 0 Å². The normalized spacial score (nSPS) is 12.6. The Morgan fingerprint density at radius 1 is 1.39 bits per heavy atom. The highest BCUT2D eigenvalue weighted by Crippen LogP contribution is 2.23. The highest BCUT2D eigenvalue weighted by Gasteiger charge is 2.17. The second-order valence-electron chi connectivity index (χ2n) is 4.16. The summed E-state index contributed by atoms with van der Waals surface area (Å²) in [5.41, 5.74) is 0.879. The maximum absolute atomic E-state index is 6.20. The predicted octanol–water partition coefficient (Wildman–Crippen LogP) is 3.61. The van der Waals surface area contributed by atoms with E-state index in [1.165, 1.54) is 0 Å². The molecule has 0 amide bonds. The molecule has 0 bridgehead atoms. The van der Waals surface area contributed by atoms with E-state index in [-0.39, 0.29) is 6.04 Å². The Kier molecular flexibility index (Phi) is 4.79. The lowest BCUT2D eigenvalue weighted by atomic mass is 10.1. The molecule has 0 radical (unpaired) electrons. The van der Waals surface area contributed by atoms with Crippen LogP contribution in [0.1, 0.15) is 30.8 Å². The van der Waals surface area contributed by atoms with E-state index in [4.69, 9.17) is 16.0 Å². The number of nitrogens with zero attached hydrogens (tertiary/aromatic N) is 1. The summed E-state index contributed by atoms with van der Waals surface area (Å²) in [4.78, 5) is 4.38. The van der Waals surface area contributed by atoms with E-state index in [1.807, 2.05) is 24.3 Å². The first kappa shape index (κ1) is 13.1. The highest BCUT2D eigenvalue weighted by atomic mass is 35.5. The van der Waals surface area contributed by atoms with Crippen LogP contribution in [0.3, 0.4) is 0 Å². The van der Waals surface area contributed by atoms with Crippen molar-refractivity contribution < 1.29 is 4.42 Å². The summed E-state index contributed by atoms with van der Waals surface area (Å²) >= 11 is 6.20. The Labute approximate surface area is 112 Å². The van der Waals surface area contributed by atoms with Crippen molar-refractivity contribution in [3.05, 3.63) is 53.2 Å². The number of halogens is 1. The maximum atomic E-state index is 6.20. The van der Waals surface area contributed by atoms with Gasteiger partial charge in [0.2, 0.25) is 0 Å². The minimum Gasteiger partial charge on any atom is -0.469 e. The fourth-order valence-corrected chi connectivity index (χ4v) is 2.12. The molecule has 0 saturated carbocycles. The minimum atomic E-state index is 0.0878. The molecule has 0 aliphatic heterocycles. The summed E-state index contributed by atoms with van der Waals surface area (Å²) in [7, 11) is 0. The zero-order chi connectivity index (χ0) is 12.8. The van der Waals surface area contributed by atoms with Gasteiger partial charge in [-0.2, -0.15) is 0 Å². The van der Waals surface area contributed by atoms with Crippen molar-refractivity contribution in [2.75, 3.05) is 6.54 Å². The Bertz CT molecular complexity index is 470. The first-order valence-corrected chi connectivity index (χ1v) is 6.55. The van der Waals surface area contributed by atoms with Crippen molar-refractivity contribution >= 4 is 11.6 Å². The van der Waals surface area contributed by atoms with Gasteiger partial charge in [-0.25, -0.2) is 0 Å². The van der Waals surface area contributed by atoms with E-state index < -0.39 is 0 Å². The van der Waals surface area contributed by atoms with Crippen molar-refractivity contribution in [1.29, 1.82) is 0 Å². The average molecular weight is 265 g/mol. The molecule has 96 valence electrons. The molecule has 0 aliphatic carbocycles. The number of nitrogens with one attached hydrogen (secondary N) is 1. The lowest BCUT2D eigenvalue weighted by molar-refractivity contribution is 0.444. The van der Waals surface area contributed by atoms with E-state index in [9.17, 15) is 0 Å². The van der Waals surface area contributed by atoms with Crippen LogP contribution in [0.25, 0.3) is 0 Å². The molecule has 0 fully saturated rings. The van der Waals surface area contributed by atoms with Crippen molar-refractivity contribution in [1.82, 2.24) is 10.3 Å². The molecule has 1 N–H and O–H groups in total. The molecule has 1 atom stereocenters. The maximum Gasteiger partial charge on any atom is 0.105 e. The number of pyridine rings is 1. The van der Waals surface area contributed by atoms with Crippen LogP contribution in [-0.4, -0.2) is 11.5 Å². The lowest BCUT2D eigenvalue weighted by Gasteiger charge is -2.17. The Morgan fingerprint density at radius 2 is 2.28 bits per heavy atom. The van der Waals surface area contributed by atoms with Gasteiger partial charge in [-0.3, -0.25) is 4.98 Å². The largest absolute Gasteiger partial charge is 0.469 e. The summed E-state index contributed by atoms with van der Waals surface area (Å²) in [6.45, 7) is 3.06. The summed E-state index contributed by atoms with van der Waals surface area (Å²) in [6.07, 6.45) is 5.28. The Morgan fingerprint density at radius 3 is 2.94 bits per heavy atom. The lowest BCUT2D eigenvalue weighted by Crippen LogP contribution is -2.25. The van der Waals surface area contributed by atoms with Crippen LogP contribution >= 0.6 is 11.6 Å². The zero-order valence-corrected chi connectivity index (χ0v) is 11.2. The van der Waals surface area contributed by atoms with E-state index in [0.29, 0.717) is 5.02 Å². The fourth-order valence-electron chi connectivity index (χ4n) is 1.87. The summed E-state index contributed by atoms with van der Waals surface area (Å²) < 4.78 is 5.39. The quantitative estimate of drug-likeness (QED) is 0.866. The van der Waals surface area contributed by atoms with Crippen molar-refractivity contribution in [3.63, 3.8) is 0 Å². The van der Waals surface area contributed by atoms with Crippen molar-refractivity contribution in [2.45, 2.75) is 25.8 Å². The molecule has 1 unspecified atom stereocenters. The van der Waals surface area contributed by atoms with Gasteiger partial charge in [0.05, 0.1) is 23.0 Å². The van der Waals surface area contributed by atoms with Crippen LogP contribution in [0.5, 0.6) is 0 Å². The van der Waals surface area contributed by atoms with E-state index in [2.05, 4.69) is 17.2 Å². The number of furan rings is 1. The molecule has 18 heavy (non-hydrogen) atoms. The molecule has 0 saturated heterocycles. The predicted molar refractivity (Wildman–Crippen MR) is 72.7 cm³/mol. The van der Waals surface area contributed by atoms with Gasteiger partial charge < -0.3 is 9.73 Å². The van der Waals surface area contributed by atoms with Crippen LogP contribution in [0.15, 0.2) is 41.1 Å². The van der Waals surface area contributed by atoms with Crippen LogP contribution in [0.4, 0.5) is 0 Å². The number of rotatable bonds is 6. The Balaban J connectivity index is 2.16. The third kappa shape index (κ3) is 3.34. The molecule has 0 aromatic carbocycles. The van der Waals surface area contributed by atoms with E-state index in [1.54, 1.807) is 12.5 Å². The first-order chi connectivity index (χ1) is 8.81. The van der Waals surface area contributed by atoms with Crippen LogP contribution in [0.2, 0.25) is 5.02 Å². The van der Waals surface area contributed by atoms with Gasteiger partial charge in [0.1, 0.15) is 5.76 Å². The first-order valence-electron chi connectivity index (χ1n) is 6.17. The summed E-state index contributed by atoms with van der Waals surface area (Å²) in [5, 5.41) is 4.15. The molecule has 3 nitrogen and oxygen atoms in total. The Hall–Kier alpha value is -1.32. The summed E-state index contributed by atoms with van der Waals surface area (Å²) in [5.74, 6) is 0.935. The van der Waals surface area contributed by atoms with E-state index >= 15 is 0 Å². The van der Waals surface area contributed by atoms with Crippen LogP contribution in [-0.2, 0) is 6.42 Å². The SMILES string of the molecule is CCCNC(Cc1ccco1)c1ncccc1Cl. The topological polar surface area (TPSA) is 38.1 Å². The van der Waals surface area contributed by atoms with E-state index in [0.717, 1.165) is 30.8 Å². The number of aromatic nitrogens is 1. The van der Waals surface area contributed by atoms with Crippen molar-refractivity contribution in [3.8, 4) is 0 Å². The van der Waals surface area contributed by atoms with Gasteiger partial charge in [0.15, 0.2) is 0 Å². The molecule has 2 aromatic heterocycles. The zero-order valence-electron chi connectivity index (χ0n) is 10.4. The monoisotopic (exact) mass is 264 g/mol. The molecule has 2 aromatic rings. The average Bonchev–Trinajstić information content (AvgIpc) is 2.88. The molecule has 0 spiro atoms. The third-order valence-corrected chi connectivity index (χ3v) is 3.06. The van der Waals surface area contributed by atoms with Gasteiger partial charge in [0, 0.05) is 12.6 Å². The summed E-state index contributed by atoms with van der Waals surface area (Å²) in [6, 6.07) is 7.66. The number of hydrogen-bond acceptors (Lipinski definition) is 3. The van der Waals surface area contributed by atoms with Gasteiger partial charge in [-0.1, -0.05) is 18.5 Å². The second kappa shape index (κ2) is 6.57. The number of hydrogen-bond donors (Lipinski definition) is 1. The minimum absolute atomic E-state index is 0.0878. The van der Waals surface area contributed by atoms with Crippen LogP contribution in [0, 0.1) is 0 Å². The smallest absolute Gasteiger partial charge is 0.105 e. The van der Waals surface area contributed by atoms with Gasteiger partial charge in [-0.15, -0.1) is 0 Å². The van der Waals surface area contributed by atoms with Gasteiger partial charge in [-0.05, 0) is 37.2 Å². The molecular weight excluding hydrogens is 248 g/mol. The molecule has 2 heterocycles. The van der Waals surface area contributed by atoms with Crippen molar-refractivity contribution in [2.24, 2.45) is 0 Å². The standard InChI is InChI=1S/C14H17ClN2O/c1-2-7-16-13(10-11-5-4-9-18-11)14-12(15)6-3-8-17-14/h3-6,8-9,13,16H,2,7,10H2,1H3. The third-order valence-electron chi connectivity index (χ3n) is 2.74. The molecule has 0 aliphatic rings. The molecular formula is C14H17ClN2O. The molecule has 2 rings (SSSR count). The molecule has 4 heteroatoms. The van der Waals surface area contributed by atoms with Crippen LogP contribution < -0.4 is 5.32 Å². The second-order valence-corrected chi connectivity index (χ2v) is 4.57. The fraction of sp³-hybridized carbons (Fsp3) is 0.357. The van der Waals surface area contributed by atoms with Gasteiger partial charge >= 0.3 is 0 Å².